The third kappa shape index (κ3) is 4.49. The number of carbonyl (C=O) groups excluding carboxylic acids is 1. The molecule has 2 aromatic heterocycles. The first-order valence-corrected chi connectivity index (χ1v) is 9.96. The van der Waals surface area contributed by atoms with Gasteiger partial charge in [0, 0.05) is 23.5 Å². The molecule has 3 rings (SSSR count). The van der Waals surface area contributed by atoms with Crippen molar-refractivity contribution >= 4 is 34.7 Å². The second-order valence-corrected chi connectivity index (χ2v) is 7.53. The summed E-state index contributed by atoms with van der Waals surface area (Å²) in [6.07, 6.45) is 0.772. The Balaban J connectivity index is 1.62. The summed E-state index contributed by atoms with van der Waals surface area (Å²) in [5.74, 6) is 1.21. The second-order valence-electron chi connectivity index (χ2n) is 5.55. The average molecular weight is 373 g/mol. The quantitative estimate of drug-likeness (QED) is 0.637. The highest BCUT2D eigenvalue weighted by molar-refractivity contribution is 7.99. The van der Waals surface area contributed by atoms with Crippen LogP contribution in [0.15, 0.2) is 46.9 Å². The van der Waals surface area contributed by atoms with Crippen LogP contribution >= 0.6 is 23.1 Å². The maximum absolute atomic E-state index is 12.2. The van der Waals surface area contributed by atoms with E-state index < -0.39 is 0 Å². The number of hydrogen-bond donors (Lipinski definition) is 1. The topological polar surface area (TPSA) is 59.8 Å². The van der Waals surface area contributed by atoms with Gasteiger partial charge in [0.05, 0.1) is 5.75 Å². The maximum atomic E-state index is 12.2. The molecule has 0 fully saturated rings. The molecule has 1 N–H and O–H groups in total. The van der Waals surface area contributed by atoms with E-state index in [0.717, 1.165) is 35.2 Å². The molecule has 0 spiro atoms. The van der Waals surface area contributed by atoms with Gasteiger partial charge in [-0.15, -0.1) is 21.5 Å². The third-order valence-electron chi connectivity index (χ3n) is 3.77. The number of anilines is 1. The molecule has 0 atom stereocenters. The Hall–Kier alpha value is -2.12. The summed E-state index contributed by atoms with van der Waals surface area (Å²) < 4.78 is 2.07. The van der Waals surface area contributed by atoms with Crippen molar-refractivity contribution in [1.29, 1.82) is 0 Å². The molecule has 1 amide bonds. The van der Waals surface area contributed by atoms with Crippen LogP contribution < -0.4 is 5.32 Å². The number of aromatic nitrogens is 3. The molecule has 0 aliphatic rings. The van der Waals surface area contributed by atoms with Crippen molar-refractivity contribution in [2.45, 2.75) is 32.0 Å². The molecule has 5 nitrogen and oxygen atoms in total. The number of nitrogens with zero attached hydrogens (tertiary/aromatic N) is 3. The number of nitrogens with one attached hydrogen (secondary N) is 1. The van der Waals surface area contributed by atoms with Gasteiger partial charge < -0.3 is 9.88 Å². The number of benzene rings is 1. The third-order valence-corrected chi connectivity index (χ3v) is 5.62. The van der Waals surface area contributed by atoms with Crippen LogP contribution in [0.1, 0.15) is 23.2 Å². The van der Waals surface area contributed by atoms with E-state index in [1.807, 2.05) is 37.3 Å². The average Bonchev–Trinajstić information content (AvgIpc) is 3.25. The lowest BCUT2D eigenvalue weighted by atomic mass is 10.2. The Morgan fingerprint density at radius 1 is 1.24 bits per heavy atom. The van der Waals surface area contributed by atoms with Gasteiger partial charge in [0.1, 0.15) is 5.82 Å². The largest absolute Gasteiger partial charge is 0.325 e. The molecular weight excluding hydrogens is 352 g/mol. The van der Waals surface area contributed by atoms with E-state index in [4.69, 9.17) is 0 Å². The SMILES string of the molecule is CCn1c(Cc2cccs2)nnc1SCC(=O)Nc1ccccc1C. The Morgan fingerprint density at radius 3 is 2.80 bits per heavy atom. The van der Waals surface area contributed by atoms with Crippen LogP contribution in [0, 0.1) is 6.92 Å². The minimum Gasteiger partial charge on any atom is -0.325 e. The number of rotatable bonds is 7. The molecule has 130 valence electrons. The minimum absolute atomic E-state index is 0.0373. The number of hydrogen-bond acceptors (Lipinski definition) is 5. The van der Waals surface area contributed by atoms with E-state index in [-0.39, 0.29) is 5.91 Å². The van der Waals surface area contributed by atoms with Crippen LogP contribution in [-0.4, -0.2) is 26.4 Å². The zero-order valence-electron chi connectivity index (χ0n) is 14.2. The van der Waals surface area contributed by atoms with Crippen LogP contribution in [0.25, 0.3) is 0 Å². The molecule has 0 saturated heterocycles. The predicted octanol–water partition coefficient (Wildman–Crippen LogP) is 3.99. The summed E-state index contributed by atoms with van der Waals surface area (Å²) in [6, 6.07) is 11.9. The fourth-order valence-electron chi connectivity index (χ4n) is 2.47. The standard InChI is InChI=1S/C18H20N4OS2/c1-3-22-16(11-14-8-6-10-24-14)20-21-18(22)25-12-17(23)19-15-9-5-4-7-13(15)2/h4-10H,3,11-12H2,1-2H3,(H,19,23). The molecule has 0 bridgehead atoms. The Kier molecular flexibility index (Phi) is 5.88. The van der Waals surface area contributed by atoms with Crippen LogP contribution in [0.5, 0.6) is 0 Å². The minimum atomic E-state index is -0.0373. The number of carbonyl (C=O) groups is 1. The molecule has 0 saturated carbocycles. The lowest BCUT2D eigenvalue weighted by Gasteiger charge is -2.09. The lowest BCUT2D eigenvalue weighted by molar-refractivity contribution is -0.113. The number of thioether (sulfide) groups is 1. The number of para-hydroxylation sites is 1. The molecule has 1 aromatic carbocycles. The molecule has 3 aromatic rings. The molecule has 0 radical (unpaired) electrons. The number of aryl methyl sites for hydroxylation is 1. The van der Waals surface area contributed by atoms with E-state index >= 15 is 0 Å². The van der Waals surface area contributed by atoms with Crippen LogP contribution in [0.2, 0.25) is 0 Å². The van der Waals surface area contributed by atoms with Crippen molar-refractivity contribution in [3.63, 3.8) is 0 Å². The first kappa shape index (κ1) is 17.7. The second kappa shape index (κ2) is 8.31. The lowest BCUT2D eigenvalue weighted by Crippen LogP contribution is -2.15. The van der Waals surface area contributed by atoms with Crippen molar-refractivity contribution in [2.24, 2.45) is 0 Å². The van der Waals surface area contributed by atoms with Crippen molar-refractivity contribution in [3.05, 3.63) is 58.0 Å². The fraction of sp³-hybridized carbons (Fsp3) is 0.278. The monoisotopic (exact) mass is 372 g/mol. The first-order chi connectivity index (χ1) is 12.2. The molecular formula is C18H20N4OS2. The summed E-state index contributed by atoms with van der Waals surface area (Å²) in [5.41, 5.74) is 1.90. The molecule has 25 heavy (non-hydrogen) atoms. The van der Waals surface area contributed by atoms with E-state index in [1.54, 1.807) is 11.3 Å². The highest BCUT2D eigenvalue weighted by Crippen LogP contribution is 2.21. The van der Waals surface area contributed by atoms with Gasteiger partial charge in [-0.25, -0.2) is 0 Å². The maximum Gasteiger partial charge on any atom is 0.234 e. The van der Waals surface area contributed by atoms with Crippen LogP contribution in [0.3, 0.4) is 0 Å². The fourth-order valence-corrected chi connectivity index (χ4v) is 4.00. The van der Waals surface area contributed by atoms with Crippen LogP contribution in [0.4, 0.5) is 5.69 Å². The van der Waals surface area contributed by atoms with E-state index in [1.165, 1.54) is 16.6 Å². The van der Waals surface area contributed by atoms with Gasteiger partial charge in [0.2, 0.25) is 5.91 Å². The van der Waals surface area contributed by atoms with Gasteiger partial charge >= 0.3 is 0 Å². The summed E-state index contributed by atoms with van der Waals surface area (Å²) in [5, 5.41) is 14.4. The van der Waals surface area contributed by atoms with Crippen molar-refractivity contribution in [3.8, 4) is 0 Å². The molecule has 0 aliphatic heterocycles. The van der Waals surface area contributed by atoms with Gasteiger partial charge in [-0.3, -0.25) is 4.79 Å². The molecule has 2 heterocycles. The van der Waals surface area contributed by atoms with E-state index in [0.29, 0.717) is 5.75 Å². The first-order valence-electron chi connectivity index (χ1n) is 8.10. The smallest absolute Gasteiger partial charge is 0.234 e. The van der Waals surface area contributed by atoms with Crippen molar-refractivity contribution in [1.82, 2.24) is 14.8 Å². The molecule has 7 heteroatoms. The highest BCUT2D eigenvalue weighted by atomic mass is 32.2. The summed E-state index contributed by atoms with van der Waals surface area (Å²) in [6.45, 7) is 4.83. The molecule has 0 unspecified atom stereocenters. The Labute approximate surface area is 155 Å². The summed E-state index contributed by atoms with van der Waals surface area (Å²) >= 11 is 3.13. The van der Waals surface area contributed by atoms with E-state index in [2.05, 4.69) is 38.5 Å². The Bertz CT molecular complexity index is 843. The highest BCUT2D eigenvalue weighted by Gasteiger charge is 2.14. The van der Waals surface area contributed by atoms with Gasteiger partial charge in [-0.2, -0.15) is 0 Å². The normalized spacial score (nSPS) is 10.8. The van der Waals surface area contributed by atoms with Gasteiger partial charge in [-0.1, -0.05) is 36.0 Å². The summed E-state index contributed by atoms with van der Waals surface area (Å²) in [7, 11) is 0. The summed E-state index contributed by atoms with van der Waals surface area (Å²) in [4.78, 5) is 13.5. The number of thiophene rings is 1. The molecule has 0 aliphatic carbocycles. The van der Waals surface area contributed by atoms with Crippen molar-refractivity contribution < 1.29 is 4.79 Å². The van der Waals surface area contributed by atoms with Gasteiger partial charge in [0.25, 0.3) is 0 Å². The Morgan fingerprint density at radius 2 is 2.08 bits per heavy atom. The van der Waals surface area contributed by atoms with Gasteiger partial charge in [0.15, 0.2) is 5.16 Å². The number of amides is 1. The zero-order chi connectivity index (χ0) is 17.6. The van der Waals surface area contributed by atoms with E-state index in [9.17, 15) is 4.79 Å². The predicted molar refractivity (Wildman–Crippen MR) is 103 cm³/mol. The van der Waals surface area contributed by atoms with Crippen LogP contribution in [-0.2, 0) is 17.8 Å². The zero-order valence-corrected chi connectivity index (χ0v) is 15.9. The van der Waals surface area contributed by atoms with Gasteiger partial charge in [-0.05, 0) is 36.9 Å². The van der Waals surface area contributed by atoms with Crippen molar-refractivity contribution in [2.75, 3.05) is 11.1 Å².